The van der Waals surface area contributed by atoms with Crippen LogP contribution in [0.15, 0.2) is 24.3 Å². The minimum Gasteiger partial charge on any atom is -0.466 e. The molecule has 0 aromatic carbocycles. The van der Waals surface area contributed by atoms with Gasteiger partial charge in [0.2, 0.25) is 5.91 Å². The molecule has 6 nitrogen and oxygen atoms in total. The van der Waals surface area contributed by atoms with E-state index in [0.717, 1.165) is 44.9 Å². The van der Waals surface area contributed by atoms with E-state index in [0.29, 0.717) is 19.4 Å². The summed E-state index contributed by atoms with van der Waals surface area (Å²) in [6.45, 7) is 4.94. The molecule has 0 saturated carbocycles. The quantitative estimate of drug-likeness (QED) is 0.0320. The fraction of sp³-hybridized carbons (Fsp3) is 0.919. The van der Waals surface area contributed by atoms with Gasteiger partial charge in [0.05, 0.1) is 25.4 Å². The minimum atomic E-state index is -0.843. The molecule has 2 unspecified atom stereocenters. The van der Waals surface area contributed by atoms with Crippen molar-refractivity contribution in [3.63, 3.8) is 0 Å². The Morgan fingerprint density at radius 3 is 0.887 bits per heavy atom. The Labute approximate surface area is 501 Å². The number of hydrogen-bond donors (Lipinski definition) is 3. The summed E-state index contributed by atoms with van der Waals surface area (Å²) in [7, 11) is 0. The van der Waals surface area contributed by atoms with Crippen molar-refractivity contribution in [2.45, 2.75) is 424 Å². The number of rotatable bonds is 69. The van der Waals surface area contributed by atoms with Crippen LogP contribution in [0, 0.1) is 0 Å². The Balaban J connectivity index is 3.37. The lowest BCUT2D eigenvalue weighted by atomic mass is 10.0. The lowest BCUT2D eigenvalue weighted by Crippen LogP contribution is -2.45. The zero-order chi connectivity index (χ0) is 57.8. The third-order valence-corrected chi connectivity index (χ3v) is 17.2. The van der Waals surface area contributed by atoms with Crippen molar-refractivity contribution in [2.75, 3.05) is 13.2 Å². The molecule has 0 aliphatic rings. The molecule has 1 amide bonds. The van der Waals surface area contributed by atoms with Crippen molar-refractivity contribution in [3.8, 4) is 0 Å². The molecule has 0 rings (SSSR count). The first-order chi connectivity index (χ1) is 39.5. The van der Waals surface area contributed by atoms with E-state index >= 15 is 0 Å². The number of aliphatic hydroxyl groups excluding tert-OH is 2. The van der Waals surface area contributed by atoms with Crippen LogP contribution in [0.25, 0.3) is 0 Å². The lowest BCUT2D eigenvalue weighted by molar-refractivity contribution is -0.143. The number of hydrogen-bond acceptors (Lipinski definition) is 5. The molecular formula is C74H143NO5. The maximum absolute atomic E-state index is 12.5. The van der Waals surface area contributed by atoms with E-state index in [2.05, 4.69) is 31.3 Å². The van der Waals surface area contributed by atoms with Crippen LogP contribution >= 0.6 is 0 Å². The third-order valence-electron chi connectivity index (χ3n) is 17.2. The number of esters is 1. The molecule has 2 atom stereocenters. The zero-order valence-electron chi connectivity index (χ0n) is 54.3. The monoisotopic (exact) mass is 1130 g/mol. The molecule has 0 aromatic rings. The van der Waals surface area contributed by atoms with Crippen molar-refractivity contribution in [3.05, 3.63) is 24.3 Å². The number of aliphatic hydroxyl groups is 2. The largest absolute Gasteiger partial charge is 0.466 e. The summed E-state index contributed by atoms with van der Waals surface area (Å²) in [6, 6.07) is -0.627. The van der Waals surface area contributed by atoms with Gasteiger partial charge in [-0.15, -0.1) is 0 Å². The van der Waals surface area contributed by atoms with Crippen LogP contribution in [0.1, 0.15) is 412 Å². The highest BCUT2D eigenvalue weighted by Crippen LogP contribution is 2.19. The summed E-state index contributed by atoms with van der Waals surface area (Å²) < 4.78 is 5.49. The van der Waals surface area contributed by atoms with E-state index in [1.807, 2.05) is 6.08 Å². The second-order valence-electron chi connectivity index (χ2n) is 25.3. The van der Waals surface area contributed by atoms with E-state index < -0.39 is 12.1 Å². The van der Waals surface area contributed by atoms with Crippen molar-refractivity contribution >= 4 is 11.9 Å². The van der Waals surface area contributed by atoms with Crippen LogP contribution in [0.2, 0.25) is 0 Å². The smallest absolute Gasteiger partial charge is 0.305 e. The van der Waals surface area contributed by atoms with Gasteiger partial charge in [-0.2, -0.15) is 0 Å². The molecule has 0 heterocycles. The van der Waals surface area contributed by atoms with Crippen molar-refractivity contribution in [1.29, 1.82) is 0 Å². The standard InChI is InChI=1S/C74H143NO5/c1-3-5-7-9-11-13-15-17-19-20-21-29-32-35-39-42-46-50-54-58-62-66-72(77)71(70-76)75-73(78)67-63-59-55-51-47-43-40-36-33-30-27-25-23-22-24-26-28-31-34-37-41-45-49-53-57-61-65-69-80-74(79)68-64-60-56-52-48-44-38-18-16-14-12-10-8-6-4-2/h18,38,62,66,71-72,76-77H,3-17,19-37,39-61,63-65,67-70H2,1-2H3,(H,75,78)/b38-18-,66-62+. The first kappa shape index (κ1) is 78.3. The predicted octanol–water partition coefficient (Wildman–Crippen LogP) is 23.7. The van der Waals surface area contributed by atoms with Crippen LogP contribution in [-0.2, 0) is 14.3 Å². The van der Waals surface area contributed by atoms with Gasteiger partial charge in [0.1, 0.15) is 0 Å². The first-order valence-electron chi connectivity index (χ1n) is 36.6. The average molecular weight is 1130 g/mol. The number of nitrogens with one attached hydrogen (secondary N) is 1. The molecule has 0 aromatic heterocycles. The topological polar surface area (TPSA) is 95.9 Å². The Morgan fingerprint density at radius 1 is 0.338 bits per heavy atom. The second kappa shape index (κ2) is 69.8. The van der Waals surface area contributed by atoms with Gasteiger partial charge in [-0.05, 0) is 57.8 Å². The van der Waals surface area contributed by atoms with Crippen LogP contribution in [-0.4, -0.2) is 47.4 Å². The second-order valence-corrected chi connectivity index (χ2v) is 25.3. The van der Waals surface area contributed by atoms with E-state index in [1.54, 1.807) is 6.08 Å². The maximum atomic E-state index is 12.5. The number of ether oxygens (including phenoxy) is 1. The third kappa shape index (κ3) is 65.5. The van der Waals surface area contributed by atoms with Crippen LogP contribution in [0.4, 0.5) is 0 Å². The molecule has 0 aliphatic carbocycles. The SMILES string of the molecule is CCCCCCCC/C=C\CCCCCCCC(=O)OCCCCCCCCCCCCCCCCCCCCCCCCCCCCCC(=O)NC(CO)C(O)/C=C/CCCCCCCCCCCCCCCCCCCCC. The minimum absolute atomic E-state index is 0.0106. The van der Waals surface area contributed by atoms with Gasteiger partial charge in [-0.25, -0.2) is 0 Å². The molecule has 0 radical (unpaired) electrons. The van der Waals surface area contributed by atoms with Crippen molar-refractivity contribution < 1.29 is 24.5 Å². The predicted molar refractivity (Wildman–Crippen MR) is 352 cm³/mol. The molecule has 0 aliphatic heterocycles. The van der Waals surface area contributed by atoms with Crippen molar-refractivity contribution in [1.82, 2.24) is 5.32 Å². The Bertz CT molecular complexity index is 1250. The van der Waals surface area contributed by atoms with Gasteiger partial charge in [-0.3, -0.25) is 9.59 Å². The molecule has 0 saturated heterocycles. The number of unbranched alkanes of at least 4 members (excludes halogenated alkanes) is 56. The molecular weight excluding hydrogens is 983 g/mol. The zero-order valence-corrected chi connectivity index (χ0v) is 54.3. The van der Waals surface area contributed by atoms with Gasteiger partial charge in [0.25, 0.3) is 0 Å². The van der Waals surface area contributed by atoms with Gasteiger partial charge in [0, 0.05) is 12.8 Å². The van der Waals surface area contributed by atoms with E-state index in [9.17, 15) is 19.8 Å². The average Bonchev–Trinajstić information content (AvgIpc) is 3.46. The molecule has 0 bridgehead atoms. The Kier molecular flexibility index (Phi) is 68.4. The summed E-state index contributed by atoms with van der Waals surface area (Å²) in [5.74, 6) is -0.0504. The Morgan fingerprint density at radius 2 is 0.588 bits per heavy atom. The van der Waals surface area contributed by atoms with Crippen LogP contribution < -0.4 is 5.32 Å². The fourth-order valence-electron chi connectivity index (χ4n) is 11.6. The summed E-state index contributed by atoms with van der Waals surface area (Å²) in [6.07, 6.45) is 88.4. The summed E-state index contributed by atoms with van der Waals surface area (Å²) in [5.41, 5.74) is 0. The van der Waals surface area contributed by atoms with Gasteiger partial charge < -0.3 is 20.3 Å². The first-order valence-corrected chi connectivity index (χ1v) is 36.6. The lowest BCUT2D eigenvalue weighted by Gasteiger charge is -2.20. The van der Waals surface area contributed by atoms with E-state index in [1.165, 1.54) is 340 Å². The van der Waals surface area contributed by atoms with Gasteiger partial charge in [0.15, 0.2) is 0 Å². The fourth-order valence-corrected chi connectivity index (χ4v) is 11.6. The van der Waals surface area contributed by atoms with E-state index in [4.69, 9.17) is 4.74 Å². The molecule has 6 heteroatoms. The molecule has 0 fully saturated rings. The van der Waals surface area contributed by atoms with Crippen LogP contribution in [0.3, 0.4) is 0 Å². The number of allylic oxidation sites excluding steroid dienone is 3. The van der Waals surface area contributed by atoms with Gasteiger partial charge >= 0.3 is 5.97 Å². The van der Waals surface area contributed by atoms with E-state index in [-0.39, 0.29) is 18.5 Å². The summed E-state index contributed by atoms with van der Waals surface area (Å²) in [5, 5.41) is 23.3. The number of carbonyl (C=O) groups excluding carboxylic acids is 2. The molecule has 3 N–H and O–H groups in total. The Hall–Kier alpha value is -1.66. The highest BCUT2D eigenvalue weighted by Gasteiger charge is 2.18. The van der Waals surface area contributed by atoms with Crippen LogP contribution in [0.5, 0.6) is 0 Å². The molecule has 80 heavy (non-hydrogen) atoms. The highest BCUT2D eigenvalue weighted by atomic mass is 16.5. The highest BCUT2D eigenvalue weighted by molar-refractivity contribution is 5.76. The molecule has 0 spiro atoms. The van der Waals surface area contributed by atoms with Crippen molar-refractivity contribution in [2.24, 2.45) is 0 Å². The summed E-state index contributed by atoms with van der Waals surface area (Å²) in [4.78, 5) is 24.6. The van der Waals surface area contributed by atoms with Gasteiger partial charge in [-0.1, -0.05) is 366 Å². The number of amides is 1. The normalized spacial score (nSPS) is 12.6. The maximum Gasteiger partial charge on any atom is 0.305 e. The number of carbonyl (C=O) groups is 2. The molecule has 474 valence electrons. The summed E-state index contributed by atoms with van der Waals surface area (Å²) >= 11 is 0.